The molecule has 0 aromatic heterocycles. The molecule has 1 aliphatic carbocycles. The van der Waals surface area contributed by atoms with Gasteiger partial charge in [-0.2, -0.15) is 0 Å². The van der Waals surface area contributed by atoms with Crippen molar-refractivity contribution in [2.45, 2.75) is 32.2 Å². The smallest absolute Gasteiger partial charge is 0.279 e. The molecule has 0 saturated heterocycles. The van der Waals surface area contributed by atoms with Crippen LogP contribution in [0.1, 0.15) is 36.9 Å². The molecule has 132 valence electrons. The SMILES string of the molecule is CCOc1ccc(NC(=O)C[NH+](C)[C@@H]2CCCc3ccccc32)cc1. The average Bonchev–Trinajstić information content (AvgIpc) is 2.63. The Balaban J connectivity index is 1.59. The number of nitrogens with one attached hydrogen (secondary N) is 2. The van der Waals surface area contributed by atoms with Crippen molar-refractivity contribution in [1.82, 2.24) is 0 Å². The first-order valence-electron chi connectivity index (χ1n) is 9.10. The van der Waals surface area contributed by atoms with Crippen molar-refractivity contribution in [2.75, 3.05) is 25.5 Å². The Morgan fingerprint density at radius 2 is 1.96 bits per heavy atom. The molecule has 0 aliphatic heterocycles. The third kappa shape index (κ3) is 4.40. The second-order valence-electron chi connectivity index (χ2n) is 6.67. The number of carbonyl (C=O) groups is 1. The zero-order chi connectivity index (χ0) is 17.6. The van der Waals surface area contributed by atoms with Crippen molar-refractivity contribution in [1.29, 1.82) is 0 Å². The third-order valence-corrected chi connectivity index (χ3v) is 4.85. The number of carbonyl (C=O) groups excluding carboxylic acids is 1. The number of hydrogen-bond donors (Lipinski definition) is 2. The van der Waals surface area contributed by atoms with Gasteiger partial charge in [0.25, 0.3) is 5.91 Å². The van der Waals surface area contributed by atoms with E-state index in [0.29, 0.717) is 19.2 Å². The molecule has 2 N–H and O–H groups in total. The van der Waals surface area contributed by atoms with E-state index in [-0.39, 0.29) is 5.91 Å². The Labute approximate surface area is 149 Å². The molecule has 0 spiro atoms. The van der Waals surface area contributed by atoms with Crippen molar-refractivity contribution in [3.63, 3.8) is 0 Å². The van der Waals surface area contributed by atoms with Crippen molar-refractivity contribution in [2.24, 2.45) is 0 Å². The molecule has 2 aromatic carbocycles. The Hall–Kier alpha value is -2.33. The van der Waals surface area contributed by atoms with Gasteiger partial charge in [-0.3, -0.25) is 4.79 Å². The van der Waals surface area contributed by atoms with E-state index < -0.39 is 0 Å². The minimum atomic E-state index is 0.0460. The molecule has 4 heteroatoms. The van der Waals surface area contributed by atoms with Crippen LogP contribution in [0.2, 0.25) is 0 Å². The summed E-state index contributed by atoms with van der Waals surface area (Å²) < 4.78 is 5.43. The minimum Gasteiger partial charge on any atom is -0.494 e. The van der Waals surface area contributed by atoms with E-state index in [1.807, 2.05) is 31.2 Å². The molecular formula is C21H27N2O2+. The number of hydrogen-bond acceptors (Lipinski definition) is 2. The summed E-state index contributed by atoms with van der Waals surface area (Å²) in [4.78, 5) is 13.7. The molecule has 4 nitrogen and oxygen atoms in total. The summed E-state index contributed by atoms with van der Waals surface area (Å²) in [6.07, 6.45) is 3.48. The van der Waals surface area contributed by atoms with E-state index in [9.17, 15) is 4.79 Å². The van der Waals surface area contributed by atoms with Crippen LogP contribution in [-0.4, -0.2) is 26.1 Å². The number of quaternary nitrogens is 1. The minimum absolute atomic E-state index is 0.0460. The molecule has 25 heavy (non-hydrogen) atoms. The largest absolute Gasteiger partial charge is 0.494 e. The molecule has 0 fully saturated rings. The van der Waals surface area contributed by atoms with Gasteiger partial charge in [0.15, 0.2) is 6.54 Å². The number of ether oxygens (including phenoxy) is 1. The van der Waals surface area contributed by atoms with Gasteiger partial charge in [0.1, 0.15) is 11.8 Å². The fourth-order valence-electron chi connectivity index (χ4n) is 3.65. The molecular weight excluding hydrogens is 312 g/mol. The number of likely N-dealkylation sites (N-methyl/N-ethyl adjacent to an activating group) is 1. The Morgan fingerprint density at radius 1 is 1.20 bits per heavy atom. The number of amides is 1. The molecule has 0 heterocycles. The molecule has 1 amide bonds. The van der Waals surface area contributed by atoms with E-state index in [4.69, 9.17) is 4.74 Å². The predicted octanol–water partition coefficient (Wildman–Crippen LogP) is 2.62. The van der Waals surface area contributed by atoms with Crippen LogP contribution in [-0.2, 0) is 11.2 Å². The second-order valence-corrected chi connectivity index (χ2v) is 6.67. The van der Waals surface area contributed by atoms with E-state index >= 15 is 0 Å². The summed E-state index contributed by atoms with van der Waals surface area (Å²) in [5.74, 6) is 0.867. The third-order valence-electron chi connectivity index (χ3n) is 4.85. The summed E-state index contributed by atoms with van der Waals surface area (Å²) in [5.41, 5.74) is 3.65. The van der Waals surface area contributed by atoms with Crippen LogP contribution in [0.25, 0.3) is 0 Å². The maximum Gasteiger partial charge on any atom is 0.279 e. The Kier molecular flexibility index (Phi) is 5.71. The highest BCUT2D eigenvalue weighted by molar-refractivity contribution is 5.91. The normalized spacial score (nSPS) is 17.4. The van der Waals surface area contributed by atoms with Crippen molar-refractivity contribution in [3.05, 3.63) is 59.7 Å². The van der Waals surface area contributed by atoms with E-state index in [1.165, 1.54) is 22.4 Å². The first kappa shape index (κ1) is 17.5. The number of rotatable bonds is 6. The van der Waals surface area contributed by atoms with Gasteiger partial charge in [-0.25, -0.2) is 0 Å². The van der Waals surface area contributed by atoms with Gasteiger partial charge in [-0.1, -0.05) is 24.3 Å². The number of anilines is 1. The molecule has 0 radical (unpaired) electrons. The zero-order valence-corrected chi connectivity index (χ0v) is 15.0. The quantitative estimate of drug-likeness (QED) is 0.850. The maximum absolute atomic E-state index is 12.4. The molecule has 0 bridgehead atoms. The predicted molar refractivity (Wildman–Crippen MR) is 100 cm³/mol. The highest BCUT2D eigenvalue weighted by atomic mass is 16.5. The first-order chi connectivity index (χ1) is 12.2. The van der Waals surface area contributed by atoms with Gasteiger partial charge < -0.3 is 15.0 Å². The highest BCUT2D eigenvalue weighted by Gasteiger charge is 2.27. The van der Waals surface area contributed by atoms with Crippen LogP contribution < -0.4 is 15.0 Å². The number of aryl methyl sites for hydroxylation is 1. The molecule has 1 aliphatic rings. The molecule has 1 unspecified atom stereocenters. The fraction of sp³-hybridized carbons (Fsp3) is 0.381. The van der Waals surface area contributed by atoms with Crippen LogP contribution >= 0.6 is 0 Å². The monoisotopic (exact) mass is 339 g/mol. The van der Waals surface area contributed by atoms with Crippen LogP contribution in [0.3, 0.4) is 0 Å². The molecule has 3 rings (SSSR count). The summed E-state index contributed by atoms with van der Waals surface area (Å²) >= 11 is 0. The van der Waals surface area contributed by atoms with E-state index in [1.54, 1.807) is 0 Å². The molecule has 2 atom stereocenters. The topological polar surface area (TPSA) is 42.8 Å². The lowest BCUT2D eigenvalue weighted by molar-refractivity contribution is -0.905. The van der Waals surface area contributed by atoms with E-state index in [0.717, 1.165) is 24.3 Å². The Morgan fingerprint density at radius 3 is 2.72 bits per heavy atom. The number of fused-ring (bicyclic) bond motifs is 1. The van der Waals surface area contributed by atoms with Gasteiger partial charge in [0.05, 0.1) is 13.7 Å². The fourth-order valence-corrected chi connectivity index (χ4v) is 3.65. The lowest BCUT2D eigenvalue weighted by Crippen LogP contribution is -3.10. The lowest BCUT2D eigenvalue weighted by atomic mass is 9.87. The van der Waals surface area contributed by atoms with Crippen LogP contribution in [0.5, 0.6) is 5.75 Å². The van der Waals surface area contributed by atoms with Gasteiger partial charge in [-0.05, 0) is 49.6 Å². The van der Waals surface area contributed by atoms with Crippen LogP contribution in [0.4, 0.5) is 5.69 Å². The van der Waals surface area contributed by atoms with Crippen molar-refractivity contribution in [3.8, 4) is 5.75 Å². The Bertz CT molecular complexity index is 712. The lowest BCUT2D eigenvalue weighted by Gasteiger charge is -2.30. The second kappa shape index (κ2) is 8.17. The van der Waals surface area contributed by atoms with Crippen LogP contribution in [0, 0.1) is 0 Å². The van der Waals surface area contributed by atoms with Gasteiger partial charge in [0, 0.05) is 17.7 Å². The maximum atomic E-state index is 12.4. The van der Waals surface area contributed by atoms with E-state index in [2.05, 4.69) is 36.6 Å². The summed E-state index contributed by atoms with van der Waals surface area (Å²) in [6.45, 7) is 3.06. The van der Waals surface area contributed by atoms with Crippen molar-refractivity contribution < 1.29 is 14.4 Å². The standard InChI is InChI=1S/C21H26N2O2/c1-3-25-18-13-11-17(12-14-18)22-21(24)15-23(2)20-10-6-8-16-7-4-5-9-19(16)20/h4-5,7,9,11-14,20H,3,6,8,10,15H2,1-2H3,(H,22,24)/p+1/t20-/m1/s1. The van der Waals surface area contributed by atoms with Gasteiger partial charge in [0.2, 0.25) is 0 Å². The van der Waals surface area contributed by atoms with Gasteiger partial charge in [-0.15, -0.1) is 0 Å². The average molecular weight is 339 g/mol. The van der Waals surface area contributed by atoms with Crippen LogP contribution in [0.15, 0.2) is 48.5 Å². The zero-order valence-electron chi connectivity index (χ0n) is 15.0. The number of benzene rings is 2. The summed E-state index contributed by atoms with van der Waals surface area (Å²) in [7, 11) is 2.12. The molecule has 0 saturated carbocycles. The summed E-state index contributed by atoms with van der Waals surface area (Å²) in [6, 6.07) is 16.6. The summed E-state index contributed by atoms with van der Waals surface area (Å²) in [5, 5.41) is 2.99. The first-order valence-corrected chi connectivity index (χ1v) is 9.10. The highest BCUT2D eigenvalue weighted by Crippen LogP contribution is 2.27. The van der Waals surface area contributed by atoms with Gasteiger partial charge >= 0.3 is 0 Å². The van der Waals surface area contributed by atoms with Crippen molar-refractivity contribution >= 4 is 11.6 Å². The molecule has 2 aromatic rings.